The van der Waals surface area contributed by atoms with Gasteiger partial charge in [0.05, 0.1) is 11.4 Å². The van der Waals surface area contributed by atoms with Gasteiger partial charge in [0.25, 0.3) is 0 Å². The van der Waals surface area contributed by atoms with Gasteiger partial charge in [-0.25, -0.2) is 0 Å². The second-order valence-corrected chi connectivity index (χ2v) is 6.84. The van der Waals surface area contributed by atoms with E-state index in [1.165, 1.54) is 11.8 Å². The quantitative estimate of drug-likeness (QED) is 0.471. The van der Waals surface area contributed by atoms with E-state index in [1.54, 1.807) is 12.4 Å². The summed E-state index contributed by atoms with van der Waals surface area (Å²) in [5, 5.41) is 17.7. The van der Waals surface area contributed by atoms with Crippen LogP contribution in [0.15, 0.2) is 58.4 Å². The van der Waals surface area contributed by atoms with Crippen molar-refractivity contribution >= 4 is 11.8 Å². The maximum Gasteiger partial charge on any atom is 0.226 e. The van der Waals surface area contributed by atoms with Crippen molar-refractivity contribution in [3.63, 3.8) is 0 Å². The first kappa shape index (κ1) is 17.4. The Morgan fingerprint density at radius 1 is 1.00 bits per heavy atom. The Morgan fingerprint density at radius 2 is 1.85 bits per heavy atom. The summed E-state index contributed by atoms with van der Waals surface area (Å²) in [4.78, 5) is 4.21. The number of nitrogens with zero attached hydrogens (tertiary/aromatic N) is 6. The minimum Gasteiger partial charge on any atom is -0.424 e. The first-order valence-electron chi connectivity index (χ1n) is 8.62. The number of aromatic nitrogens is 6. The first-order chi connectivity index (χ1) is 13.3. The minimum absolute atomic E-state index is 0.532. The molecular weight excluding hydrogens is 360 g/mol. The molecule has 0 bridgehead atoms. The summed E-state index contributed by atoms with van der Waals surface area (Å²) in [6, 6.07) is 12.0. The predicted molar refractivity (Wildman–Crippen MR) is 103 cm³/mol. The molecule has 4 rings (SSSR count). The Morgan fingerprint density at radius 3 is 2.59 bits per heavy atom. The highest BCUT2D eigenvalue weighted by Gasteiger charge is 2.18. The topological polar surface area (TPSA) is 82.5 Å². The Kier molecular flexibility index (Phi) is 4.97. The smallest absolute Gasteiger partial charge is 0.226 e. The third-order valence-corrected chi connectivity index (χ3v) is 4.96. The molecule has 0 saturated carbocycles. The third-order valence-electron chi connectivity index (χ3n) is 4.05. The van der Waals surface area contributed by atoms with E-state index in [-0.39, 0.29) is 0 Å². The molecule has 0 saturated heterocycles. The van der Waals surface area contributed by atoms with Crippen molar-refractivity contribution in [3.8, 4) is 17.1 Å². The van der Waals surface area contributed by atoms with Crippen LogP contribution < -0.4 is 0 Å². The van der Waals surface area contributed by atoms with Crippen LogP contribution in [0.2, 0.25) is 0 Å². The molecule has 7 nitrogen and oxygen atoms in total. The second kappa shape index (κ2) is 7.71. The molecule has 136 valence electrons. The molecule has 0 spiro atoms. The Balaban J connectivity index is 1.73. The van der Waals surface area contributed by atoms with Crippen molar-refractivity contribution in [1.29, 1.82) is 0 Å². The summed E-state index contributed by atoms with van der Waals surface area (Å²) in [7, 11) is 0. The second-order valence-electron chi connectivity index (χ2n) is 5.90. The van der Waals surface area contributed by atoms with Crippen molar-refractivity contribution in [2.45, 2.75) is 31.2 Å². The van der Waals surface area contributed by atoms with Crippen LogP contribution in [0, 0.1) is 6.92 Å². The molecule has 0 radical (unpaired) electrons. The molecule has 27 heavy (non-hydrogen) atoms. The van der Waals surface area contributed by atoms with E-state index >= 15 is 0 Å². The molecule has 4 aromatic rings. The molecule has 0 aliphatic carbocycles. The minimum atomic E-state index is 0.532. The Bertz CT molecular complexity index is 1040. The molecule has 0 unspecified atom stereocenters. The largest absolute Gasteiger partial charge is 0.424 e. The molecule has 0 aliphatic rings. The molecule has 1 aromatic carbocycles. The number of pyridine rings is 1. The standard InChI is InChI=1S/C19H18N6OS/c1-3-16-21-22-17(26-16)12-27-19-24-23-18(14-8-6-10-20-11-14)25(19)15-9-5-4-7-13(15)2/h4-11H,3,12H2,1-2H3. The van der Waals surface area contributed by atoms with Crippen LogP contribution in [-0.4, -0.2) is 29.9 Å². The van der Waals surface area contributed by atoms with Crippen LogP contribution in [0.25, 0.3) is 17.1 Å². The maximum atomic E-state index is 5.60. The molecule has 0 atom stereocenters. The fraction of sp³-hybridized carbons (Fsp3) is 0.211. The highest BCUT2D eigenvalue weighted by atomic mass is 32.2. The van der Waals surface area contributed by atoms with E-state index in [0.29, 0.717) is 17.5 Å². The Labute approximate surface area is 160 Å². The lowest BCUT2D eigenvalue weighted by atomic mass is 10.2. The monoisotopic (exact) mass is 378 g/mol. The molecule has 8 heteroatoms. The normalized spacial score (nSPS) is 11.0. The highest BCUT2D eigenvalue weighted by molar-refractivity contribution is 7.98. The lowest BCUT2D eigenvalue weighted by Crippen LogP contribution is -2.02. The fourth-order valence-electron chi connectivity index (χ4n) is 2.69. The summed E-state index contributed by atoms with van der Waals surface area (Å²) >= 11 is 1.52. The molecule has 3 aromatic heterocycles. The SMILES string of the molecule is CCc1nnc(CSc2nnc(-c3cccnc3)n2-c2ccccc2C)o1. The van der Waals surface area contributed by atoms with Gasteiger partial charge in [0.2, 0.25) is 11.8 Å². The van der Waals surface area contributed by atoms with E-state index < -0.39 is 0 Å². The lowest BCUT2D eigenvalue weighted by Gasteiger charge is -2.12. The van der Waals surface area contributed by atoms with Gasteiger partial charge in [-0.05, 0) is 30.7 Å². The van der Waals surface area contributed by atoms with E-state index in [0.717, 1.165) is 34.2 Å². The lowest BCUT2D eigenvalue weighted by molar-refractivity contribution is 0.470. The highest BCUT2D eigenvalue weighted by Crippen LogP contribution is 2.30. The van der Waals surface area contributed by atoms with Gasteiger partial charge in [-0.1, -0.05) is 36.9 Å². The number of para-hydroxylation sites is 1. The van der Waals surface area contributed by atoms with Gasteiger partial charge < -0.3 is 4.42 Å². The fourth-order valence-corrected chi connectivity index (χ4v) is 3.47. The number of hydrogen-bond acceptors (Lipinski definition) is 7. The summed E-state index contributed by atoms with van der Waals surface area (Å²) < 4.78 is 7.65. The van der Waals surface area contributed by atoms with Gasteiger partial charge >= 0.3 is 0 Å². The van der Waals surface area contributed by atoms with Crippen molar-refractivity contribution in [1.82, 2.24) is 29.9 Å². The van der Waals surface area contributed by atoms with Crippen molar-refractivity contribution in [3.05, 3.63) is 66.1 Å². The van der Waals surface area contributed by atoms with Crippen LogP contribution >= 0.6 is 11.8 Å². The van der Waals surface area contributed by atoms with Gasteiger partial charge in [0.1, 0.15) is 0 Å². The van der Waals surface area contributed by atoms with E-state index in [4.69, 9.17) is 4.42 Å². The van der Waals surface area contributed by atoms with Gasteiger partial charge in [-0.3, -0.25) is 9.55 Å². The van der Waals surface area contributed by atoms with E-state index in [2.05, 4.69) is 44.4 Å². The number of thioether (sulfide) groups is 1. The summed E-state index contributed by atoms with van der Waals surface area (Å²) in [5.41, 5.74) is 3.07. The Hall–Kier alpha value is -3.00. The molecule has 3 heterocycles. The van der Waals surface area contributed by atoms with E-state index in [9.17, 15) is 0 Å². The van der Waals surface area contributed by atoms with Gasteiger partial charge in [-0.15, -0.1) is 20.4 Å². The van der Waals surface area contributed by atoms with Crippen molar-refractivity contribution in [2.24, 2.45) is 0 Å². The third kappa shape index (κ3) is 3.61. The molecule has 0 N–H and O–H groups in total. The average Bonchev–Trinajstić information content (AvgIpc) is 3.34. The van der Waals surface area contributed by atoms with Gasteiger partial charge in [0, 0.05) is 24.4 Å². The molecule has 0 fully saturated rings. The molecule has 0 amide bonds. The molecular formula is C19H18N6OS. The van der Waals surface area contributed by atoms with Crippen LogP contribution in [0.4, 0.5) is 0 Å². The van der Waals surface area contributed by atoms with Crippen LogP contribution in [0.1, 0.15) is 24.3 Å². The van der Waals surface area contributed by atoms with Crippen molar-refractivity contribution in [2.75, 3.05) is 0 Å². The predicted octanol–water partition coefficient (Wildman–Crippen LogP) is 3.88. The zero-order valence-electron chi connectivity index (χ0n) is 15.0. The van der Waals surface area contributed by atoms with Crippen LogP contribution in [0.5, 0.6) is 0 Å². The zero-order chi connectivity index (χ0) is 18.6. The van der Waals surface area contributed by atoms with Gasteiger partial charge in [0.15, 0.2) is 11.0 Å². The number of aryl methyl sites for hydroxylation is 2. The van der Waals surface area contributed by atoms with Gasteiger partial charge in [-0.2, -0.15) is 0 Å². The molecule has 0 aliphatic heterocycles. The van der Waals surface area contributed by atoms with Crippen LogP contribution in [-0.2, 0) is 12.2 Å². The first-order valence-corrected chi connectivity index (χ1v) is 9.60. The summed E-state index contributed by atoms with van der Waals surface area (Å²) in [6.45, 7) is 4.06. The van der Waals surface area contributed by atoms with Crippen LogP contribution in [0.3, 0.4) is 0 Å². The number of hydrogen-bond donors (Lipinski definition) is 0. The zero-order valence-corrected chi connectivity index (χ0v) is 15.8. The summed E-state index contributed by atoms with van der Waals surface area (Å²) in [6.07, 6.45) is 4.26. The van der Waals surface area contributed by atoms with Crippen molar-refractivity contribution < 1.29 is 4.42 Å². The number of rotatable bonds is 6. The average molecular weight is 378 g/mol. The number of benzene rings is 1. The maximum absolute atomic E-state index is 5.60. The summed E-state index contributed by atoms with van der Waals surface area (Å²) in [5.74, 6) is 2.50. The van der Waals surface area contributed by atoms with E-state index in [1.807, 2.05) is 35.8 Å².